The Kier molecular flexibility index (Phi) is 2.65. The van der Waals surface area contributed by atoms with Crippen molar-refractivity contribution in [2.45, 2.75) is 0 Å². The van der Waals surface area contributed by atoms with Gasteiger partial charge >= 0.3 is 0 Å². The molecule has 0 fully saturated rings. The van der Waals surface area contributed by atoms with Crippen LogP contribution in [-0.2, 0) is 0 Å². The van der Waals surface area contributed by atoms with E-state index in [0.29, 0.717) is 0 Å². The minimum absolute atomic E-state index is 1.02. The largest absolute Gasteiger partial charge is 0.264 e. The van der Waals surface area contributed by atoms with Gasteiger partial charge in [0.15, 0.2) is 0 Å². The predicted molar refractivity (Wildman–Crippen MR) is 74.9 cm³/mol. The number of nitrogens with zero attached hydrogens (tertiary/aromatic N) is 1. The Hall–Kier alpha value is -1.67. The van der Waals surface area contributed by atoms with Crippen molar-refractivity contribution >= 4 is 26.7 Å². The van der Waals surface area contributed by atoms with E-state index in [4.69, 9.17) is 0 Å². The molecule has 0 aliphatic carbocycles. The summed E-state index contributed by atoms with van der Waals surface area (Å²) in [4.78, 5) is 4.10. The first-order valence-electron chi connectivity index (χ1n) is 5.44. The smallest absolute Gasteiger partial charge is 0.0437 e. The SMILES string of the molecule is Brc1cnccc1-c1cccc2ccccc12. The lowest BCUT2D eigenvalue weighted by Gasteiger charge is -2.08. The normalized spacial score (nSPS) is 10.6. The van der Waals surface area contributed by atoms with E-state index in [1.54, 1.807) is 0 Å². The third-order valence-electron chi connectivity index (χ3n) is 2.85. The zero-order valence-electron chi connectivity index (χ0n) is 9.10. The zero-order chi connectivity index (χ0) is 11.7. The molecule has 82 valence electrons. The topological polar surface area (TPSA) is 12.9 Å². The highest BCUT2D eigenvalue weighted by Gasteiger charge is 2.06. The number of aromatic nitrogens is 1. The first-order valence-corrected chi connectivity index (χ1v) is 6.23. The number of hydrogen-bond acceptors (Lipinski definition) is 1. The van der Waals surface area contributed by atoms with Crippen LogP contribution >= 0.6 is 15.9 Å². The van der Waals surface area contributed by atoms with Gasteiger partial charge < -0.3 is 0 Å². The third-order valence-corrected chi connectivity index (χ3v) is 3.48. The van der Waals surface area contributed by atoms with E-state index in [0.717, 1.165) is 4.47 Å². The summed E-state index contributed by atoms with van der Waals surface area (Å²) in [5.74, 6) is 0. The molecule has 1 aromatic heterocycles. The van der Waals surface area contributed by atoms with Gasteiger partial charge in [-0.3, -0.25) is 4.98 Å². The van der Waals surface area contributed by atoms with E-state index in [-0.39, 0.29) is 0 Å². The first kappa shape index (κ1) is 10.5. The highest BCUT2D eigenvalue weighted by atomic mass is 79.9. The minimum atomic E-state index is 1.02. The summed E-state index contributed by atoms with van der Waals surface area (Å²) < 4.78 is 1.02. The van der Waals surface area contributed by atoms with Crippen LogP contribution in [0.15, 0.2) is 65.4 Å². The van der Waals surface area contributed by atoms with Crippen LogP contribution in [-0.4, -0.2) is 4.98 Å². The lowest BCUT2D eigenvalue weighted by molar-refractivity contribution is 1.31. The van der Waals surface area contributed by atoms with Crippen molar-refractivity contribution in [2.75, 3.05) is 0 Å². The summed E-state index contributed by atoms with van der Waals surface area (Å²) in [7, 11) is 0. The standard InChI is InChI=1S/C15H10BrN/c16-15-10-17-9-8-14(15)13-7-3-5-11-4-1-2-6-12(11)13/h1-10H. The van der Waals surface area contributed by atoms with Gasteiger partial charge in [-0.1, -0.05) is 42.5 Å². The molecule has 3 rings (SSSR count). The second-order valence-electron chi connectivity index (χ2n) is 3.88. The molecule has 0 atom stereocenters. The quantitative estimate of drug-likeness (QED) is 0.633. The molecule has 0 N–H and O–H groups in total. The second kappa shape index (κ2) is 4.30. The lowest BCUT2D eigenvalue weighted by Crippen LogP contribution is -1.83. The monoisotopic (exact) mass is 283 g/mol. The number of fused-ring (bicyclic) bond motifs is 1. The average Bonchev–Trinajstić information content (AvgIpc) is 2.39. The molecule has 1 heterocycles. The third kappa shape index (κ3) is 1.85. The maximum Gasteiger partial charge on any atom is 0.0437 e. The summed E-state index contributed by atoms with van der Waals surface area (Å²) in [5.41, 5.74) is 2.41. The van der Waals surface area contributed by atoms with Gasteiger partial charge in [-0.05, 0) is 43.9 Å². The molecular weight excluding hydrogens is 274 g/mol. The fraction of sp³-hybridized carbons (Fsp3) is 0. The summed E-state index contributed by atoms with van der Waals surface area (Å²) in [6.45, 7) is 0. The molecule has 17 heavy (non-hydrogen) atoms. The molecule has 1 nitrogen and oxygen atoms in total. The Bertz CT molecular complexity index is 671. The maximum absolute atomic E-state index is 4.10. The molecule has 2 heteroatoms. The van der Waals surface area contributed by atoms with Gasteiger partial charge in [0.25, 0.3) is 0 Å². The maximum atomic E-state index is 4.10. The van der Waals surface area contributed by atoms with Crippen molar-refractivity contribution in [3.63, 3.8) is 0 Å². The van der Waals surface area contributed by atoms with Crippen molar-refractivity contribution in [2.24, 2.45) is 0 Å². The second-order valence-corrected chi connectivity index (χ2v) is 4.74. The summed E-state index contributed by atoms with van der Waals surface area (Å²) in [5, 5.41) is 2.52. The zero-order valence-corrected chi connectivity index (χ0v) is 10.7. The molecule has 0 spiro atoms. The molecule has 0 unspecified atom stereocenters. The number of hydrogen-bond donors (Lipinski definition) is 0. The lowest BCUT2D eigenvalue weighted by atomic mass is 9.99. The van der Waals surface area contributed by atoms with Gasteiger partial charge in [-0.15, -0.1) is 0 Å². The predicted octanol–water partition coefficient (Wildman–Crippen LogP) is 4.66. The summed E-state index contributed by atoms with van der Waals surface area (Å²) in [6, 6.07) is 16.8. The van der Waals surface area contributed by atoms with Gasteiger partial charge in [0, 0.05) is 16.9 Å². The van der Waals surface area contributed by atoms with Gasteiger partial charge in [0.1, 0.15) is 0 Å². The van der Waals surface area contributed by atoms with Gasteiger partial charge in [-0.25, -0.2) is 0 Å². The summed E-state index contributed by atoms with van der Waals surface area (Å²) >= 11 is 3.56. The van der Waals surface area contributed by atoms with Crippen LogP contribution in [0.1, 0.15) is 0 Å². The number of pyridine rings is 1. The van der Waals surface area contributed by atoms with Crippen molar-refractivity contribution in [3.8, 4) is 11.1 Å². The number of halogens is 1. The molecular formula is C15H10BrN. The van der Waals surface area contributed by atoms with Crippen LogP contribution in [0, 0.1) is 0 Å². The highest BCUT2D eigenvalue weighted by Crippen LogP contribution is 2.32. The van der Waals surface area contributed by atoms with E-state index in [9.17, 15) is 0 Å². The van der Waals surface area contributed by atoms with Crippen molar-refractivity contribution in [1.82, 2.24) is 4.98 Å². The molecule has 0 saturated carbocycles. The van der Waals surface area contributed by atoms with Crippen molar-refractivity contribution in [1.29, 1.82) is 0 Å². The fourth-order valence-corrected chi connectivity index (χ4v) is 2.52. The van der Waals surface area contributed by atoms with Crippen LogP contribution in [0.3, 0.4) is 0 Å². The minimum Gasteiger partial charge on any atom is -0.264 e. The number of rotatable bonds is 1. The van der Waals surface area contributed by atoms with Gasteiger partial charge in [0.2, 0.25) is 0 Å². The van der Waals surface area contributed by atoms with E-state index < -0.39 is 0 Å². The Morgan fingerprint density at radius 3 is 2.53 bits per heavy atom. The Morgan fingerprint density at radius 1 is 0.824 bits per heavy atom. The van der Waals surface area contributed by atoms with Crippen LogP contribution in [0.4, 0.5) is 0 Å². The van der Waals surface area contributed by atoms with Crippen LogP contribution in [0.25, 0.3) is 21.9 Å². The molecule has 0 aliphatic heterocycles. The average molecular weight is 284 g/mol. The first-order chi connectivity index (χ1) is 8.36. The summed E-state index contributed by atoms with van der Waals surface area (Å²) in [6.07, 6.45) is 3.65. The fourth-order valence-electron chi connectivity index (χ4n) is 2.05. The highest BCUT2D eigenvalue weighted by molar-refractivity contribution is 9.10. The van der Waals surface area contributed by atoms with E-state index in [2.05, 4.69) is 63.4 Å². The van der Waals surface area contributed by atoms with Crippen LogP contribution < -0.4 is 0 Å². The molecule has 0 amide bonds. The van der Waals surface area contributed by atoms with Crippen LogP contribution in [0.5, 0.6) is 0 Å². The molecule has 0 bridgehead atoms. The molecule has 3 aromatic rings. The molecule has 0 radical (unpaired) electrons. The van der Waals surface area contributed by atoms with Gasteiger partial charge in [-0.2, -0.15) is 0 Å². The number of benzene rings is 2. The Morgan fingerprint density at radius 2 is 1.65 bits per heavy atom. The van der Waals surface area contributed by atoms with Crippen molar-refractivity contribution < 1.29 is 0 Å². The Balaban J connectivity index is 2.35. The van der Waals surface area contributed by atoms with E-state index >= 15 is 0 Å². The van der Waals surface area contributed by atoms with Crippen molar-refractivity contribution in [3.05, 3.63) is 65.4 Å². The van der Waals surface area contributed by atoms with E-state index in [1.165, 1.54) is 21.9 Å². The van der Waals surface area contributed by atoms with E-state index in [1.807, 2.05) is 18.5 Å². The molecule has 2 aromatic carbocycles. The molecule has 0 saturated heterocycles. The Labute approximate surface area is 108 Å². The van der Waals surface area contributed by atoms with Gasteiger partial charge in [0.05, 0.1) is 0 Å². The van der Waals surface area contributed by atoms with Crippen LogP contribution in [0.2, 0.25) is 0 Å². The molecule has 0 aliphatic rings.